The largest absolute Gasteiger partial charge is 0.396 e. The summed E-state index contributed by atoms with van der Waals surface area (Å²) in [6, 6.07) is 0. The fourth-order valence-corrected chi connectivity index (χ4v) is 1.41. The van der Waals surface area contributed by atoms with Gasteiger partial charge >= 0.3 is 0 Å². The maximum Gasteiger partial charge on any atom is 0.146 e. The van der Waals surface area contributed by atoms with E-state index in [1.165, 1.54) is 5.57 Å². The van der Waals surface area contributed by atoms with Crippen molar-refractivity contribution in [3.8, 4) is 0 Å². The van der Waals surface area contributed by atoms with Gasteiger partial charge in [-0.15, -0.1) is 0 Å². The fraction of sp³-hybridized carbons (Fsp3) is 0.533. The van der Waals surface area contributed by atoms with Gasteiger partial charge in [0.1, 0.15) is 6.29 Å². The van der Waals surface area contributed by atoms with Gasteiger partial charge in [0, 0.05) is 6.61 Å². The highest BCUT2D eigenvalue weighted by Crippen LogP contribution is 2.09. The van der Waals surface area contributed by atoms with Crippen molar-refractivity contribution < 1.29 is 9.90 Å². The Morgan fingerprint density at radius 1 is 1.35 bits per heavy atom. The number of aliphatic hydroxyl groups is 1. The fourth-order valence-electron chi connectivity index (χ4n) is 1.41. The standard InChI is InChI=1S/C15H24O2/c1-13(2)6-4-7-14(3)8-5-9-15(12-17)10-11-16/h5-6,8-9,12,14,16H,4,7,10-11H2,1-3H3/b8-5+,15-9+. The molecule has 0 amide bonds. The van der Waals surface area contributed by atoms with E-state index >= 15 is 0 Å². The smallest absolute Gasteiger partial charge is 0.146 e. The highest BCUT2D eigenvalue weighted by Gasteiger charge is 1.95. The molecule has 0 aromatic heterocycles. The van der Waals surface area contributed by atoms with Gasteiger partial charge in [0.15, 0.2) is 0 Å². The van der Waals surface area contributed by atoms with Crippen molar-refractivity contribution >= 4 is 6.29 Å². The Labute approximate surface area is 105 Å². The second-order valence-corrected chi connectivity index (χ2v) is 4.55. The van der Waals surface area contributed by atoms with Gasteiger partial charge < -0.3 is 5.11 Å². The summed E-state index contributed by atoms with van der Waals surface area (Å²) in [5.74, 6) is 0.504. The molecule has 1 unspecified atom stereocenters. The molecule has 0 aliphatic heterocycles. The summed E-state index contributed by atoms with van der Waals surface area (Å²) in [5.41, 5.74) is 1.99. The van der Waals surface area contributed by atoms with E-state index in [2.05, 4.69) is 32.9 Å². The van der Waals surface area contributed by atoms with Crippen LogP contribution in [0.25, 0.3) is 0 Å². The molecule has 0 rings (SSSR count). The first-order chi connectivity index (χ1) is 8.10. The molecule has 0 saturated carbocycles. The predicted molar refractivity (Wildman–Crippen MR) is 72.8 cm³/mol. The second kappa shape index (κ2) is 10.0. The number of aldehydes is 1. The van der Waals surface area contributed by atoms with Gasteiger partial charge in [0.2, 0.25) is 0 Å². The summed E-state index contributed by atoms with van der Waals surface area (Å²) >= 11 is 0. The van der Waals surface area contributed by atoms with Gasteiger partial charge in [-0.1, -0.05) is 36.8 Å². The number of carbonyl (C=O) groups excluding carboxylic acids is 1. The van der Waals surface area contributed by atoms with E-state index in [0.717, 1.165) is 19.1 Å². The number of rotatable bonds is 8. The van der Waals surface area contributed by atoms with Gasteiger partial charge in [-0.3, -0.25) is 4.79 Å². The van der Waals surface area contributed by atoms with E-state index in [-0.39, 0.29) is 6.61 Å². The van der Waals surface area contributed by atoms with Gasteiger partial charge in [-0.25, -0.2) is 0 Å². The molecular weight excluding hydrogens is 212 g/mol. The van der Waals surface area contributed by atoms with Crippen molar-refractivity contribution in [3.05, 3.63) is 35.5 Å². The molecule has 2 heteroatoms. The summed E-state index contributed by atoms with van der Waals surface area (Å²) in [6.45, 7) is 6.40. The van der Waals surface area contributed by atoms with Crippen LogP contribution in [0.4, 0.5) is 0 Å². The van der Waals surface area contributed by atoms with Crippen LogP contribution in [-0.4, -0.2) is 18.0 Å². The molecule has 0 radical (unpaired) electrons. The molecular formula is C15H24O2. The highest BCUT2D eigenvalue weighted by atomic mass is 16.3. The minimum Gasteiger partial charge on any atom is -0.396 e. The molecule has 0 heterocycles. The third-order valence-corrected chi connectivity index (χ3v) is 2.48. The van der Waals surface area contributed by atoms with E-state index in [1.54, 1.807) is 6.08 Å². The summed E-state index contributed by atoms with van der Waals surface area (Å²) in [4.78, 5) is 10.6. The first-order valence-corrected chi connectivity index (χ1v) is 6.17. The highest BCUT2D eigenvalue weighted by molar-refractivity contribution is 5.73. The molecule has 0 fully saturated rings. The molecule has 0 bridgehead atoms. The Hall–Kier alpha value is -1.15. The number of hydrogen-bond acceptors (Lipinski definition) is 2. The molecule has 2 nitrogen and oxygen atoms in total. The molecule has 0 saturated heterocycles. The maximum absolute atomic E-state index is 10.6. The van der Waals surface area contributed by atoms with Crippen molar-refractivity contribution in [1.82, 2.24) is 0 Å². The van der Waals surface area contributed by atoms with E-state index in [1.807, 2.05) is 6.08 Å². The molecule has 0 aliphatic carbocycles. The summed E-state index contributed by atoms with van der Waals surface area (Å²) in [5, 5.41) is 8.71. The van der Waals surface area contributed by atoms with Crippen LogP contribution in [0.3, 0.4) is 0 Å². The lowest BCUT2D eigenvalue weighted by molar-refractivity contribution is -0.105. The normalized spacial score (nSPS) is 13.8. The third kappa shape index (κ3) is 9.76. The van der Waals surface area contributed by atoms with E-state index in [4.69, 9.17) is 5.11 Å². The van der Waals surface area contributed by atoms with Crippen LogP contribution in [0.1, 0.15) is 40.0 Å². The van der Waals surface area contributed by atoms with Crippen molar-refractivity contribution in [2.45, 2.75) is 40.0 Å². The second-order valence-electron chi connectivity index (χ2n) is 4.55. The van der Waals surface area contributed by atoms with Crippen LogP contribution in [0, 0.1) is 5.92 Å². The Morgan fingerprint density at radius 3 is 2.59 bits per heavy atom. The lowest BCUT2D eigenvalue weighted by Gasteiger charge is -2.02. The Kier molecular flexibility index (Phi) is 9.35. The summed E-state index contributed by atoms with van der Waals surface area (Å²) in [7, 11) is 0. The van der Waals surface area contributed by atoms with Crippen LogP contribution in [0.5, 0.6) is 0 Å². The topological polar surface area (TPSA) is 37.3 Å². The quantitative estimate of drug-likeness (QED) is 0.303. The van der Waals surface area contributed by atoms with Crippen LogP contribution >= 0.6 is 0 Å². The molecule has 0 aromatic rings. The SMILES string of the molecule is CC(C)=CCCC(C)/C=C/C=C(/C=O)CCO. The summed E-state index contributed by atoms with van der Waals surface area (Å²) < 4.78 is 0. The average Bonchev–Trinajstić information content (AvgIpc) is 2.27. The van der Waals surface area contributed by atoms with Crippen molar-refractivity contribution in [2.24, 2.45) is 5.92 Å². The molecule has 0 spiro atoms. The van der Waals surface area contributed by atoms with Gasteiger partial charge in [0.05, 0.1) is 0 Å². The first-order valence-electron chi connectivity index (χ1n) is 6.17. The molecule has 0 aromatic carbocycles. The zero-order valence-corrected chi connectivity index (χ0v) is 11.1. The van der Waals surface area contributed by atoms with Crippen LogP contribution in [0.2, 0.25) is 0 Å². The van der Waals surface area contributed by atoms with Crippen molar-refractivity contribution in [3.63, 3.8) is 0 Å². The molecule has 0 aliphatic rings. The predicted octanol–water partition coefficient (Wildman–Crippen LogP) is 3.43. The van der Waals surface area contributed by atoms with Gasteiger partial charge in [-0.2, -0.15) is 0 Å². The number of carbonyl (C=O) groups is 1. The minimum absolute atomic E-state index is 0.0224. The zero-order chi connectivity index (χ0) is 13.1. The van der Waals surface area contributed by atoms with E-state index < -0.39 is 0 Å². The molecule has 96 valence electrons. The third-order valence-electron chi connectivity index (χ3n) is 2.48. The maximum atomic E-state index is 10.6. The van der Waals surface area contributed by atoms with E-state index in [9.17, 15) is 4.79 Å². The number of allylic oxidation sites excluding steroid dienone is 5. The zero-order valence-electron chi connectivity index (χ0n) is 11.1. The van der Waals surface area contributed by atoms with Crippen LogP contribution in [0.15, 0.2) is 35.5 Å². The van der Waals surface area contributed by atoms with Crippen LogP contribution < -0.4 is 0 Å². The number of hydrogen-bond donors (Lipinski definition) is 1. The summed E-state index contributed by atoms with van der Waals surface area (Å²) in [6.07, 6.45) is 11.5. The lowest BCUT2D eigenvalue weighted by Crippen LogP contribution is -1.90. The average molecular weight is 236 g/mol. The Bertz CT molecular complexity index is 294. The minimum atomic E-state index is 0.0224. The van der Waals surface area contributed by atoms with E-state index in [0.29, 0.717) is 17.9 Å². The number of aliphatic hydroxyl groups excluding tert-OH is 1. The molecule has 1 atom stereocenters. The van der Waals surface area contributed by atoms with Gasteiger partial charge in [0.25, 0.3) is 0 Å². The molecule has 17 heavy (non-hydrogen) atoms. The first kappa shape index (κ1) is 15.9. The van der Waals surface area contributed by atoms with Crippen LogP contribution in [-0.2, 0) is 4.79 Å². The Balaban J connectivity index is 4.05. The van der Waals surface area contributed by atoms with Gasteiger partial charge in [-0.05, 0) is 44.6 Å². The monoisotopic (exact) mass is 236 g/mol. The Morgan fingerprint density at radius 2 is 2.06 bits per heavy atom. The molecule has 1 N–H and O–H groups in total. The lowest BCUT2D eigenvalue weighted by atomic mass is 10.0. The van der Waals surface area contributed by atoms with Crippen molar-refractivity contribution in [1.29, 1.82) is 0 Å². The van der Waals surface area contributed by atoms with Crippen molar-refractivity contribution in [2.75, 3.05) is 6.61 Å².